The highest BCUT2D eigenvalue weighted by Crippen LogP contribution is 2.23. The lowest BCUT2D eigenvalue weighted by Crippen LogP contribution is -2.04. The molecule has 2 heterocycles. The van der Waals surface area contributed by atoms with Crippen LogP contribution in [0.25, 0.3) is 11.7 Å². The molecule has 0 fully saturated rings. The Bertz CT molecular complexity index is 500. The van der Waals surface area contributed by atoms with Crippen molar-refractivity contribution >= 4 is 5.97 Å². The van der Waals surface area contributed by atoms with Crippen molar-refractivity contribution in [2.24, 2.45) is 0 Å². The number of aromatic nitrogens is 1. The molecule has 0 aliphatic carbocycles. The molecule has 17 heavy (non-hydrogen) atoms. The Balaban J connectivity index is 2.40. The van der Waals surface area contributed by atoms with Crippen LogP contribution in [-0.2, 0) is 16.1 Å². The molecule has 90 valence electrons. The smallest absolute Gasteiger partial charge is 0.376 e. The molecule has 0 saturated heterocycles. The molecule has 2 aromatic heterocycles. The largest absolute Gasteiger partial charge is 0.463 e. The van der Waals surface area contributed by atoms with Crippen LogP contribution in [-0.4, -0.2) is 25.2 Å². The van der Waals surface area contributed by atoms with Gasteiger partial charge < -0.3 is 18.3 Å². The van der Waals surface area contributed by atoms with Gasteiger partial charge in [0, 0.05) is 7.11 Å². The van der Waals surface area contributed by atoms with E-state index in [4.69, 9.17) is 13.6 Å². The topological polar surface area (TPSA) is 74.7 Å². The summed E-state index contributed by atoms with van der Waals surface area (Å²) < 4.78 is 20.0. The van der Waals surface area contributed by atoms with Gasteiger partial charge in [-0.2, -0.15) is 0 Å². The normalized spacial score (nSPS) is 10.5. The fourth-order valence-corrected chi connectivity index (χ4v) is 1.34. The van der Waals surface area contributed by atoms with Crippen molar-refractivity contribution in [2.75, 3.05) is 14.2 Å². The van der Waals surface area contributed by atoms with Crippen molar-refractivity contribution in [2.45, 2.75) is 6.61 Å². The number of ether oxygens (including phenoxy) is 2. The van der Waals surface area contributed by atoms with E-state index in [1.807, 2.05) is 0 Å². The molecule has 0 radical (unpaired) electrons. The lowest BCUT2D eigenvalue weighted by Gasteiger charge is -1.96. The van der Waals surface area contributed by atoms with Crippen LogP contribution in [0.15, 0.2) is 27.2 Å². The van der Waals surface area contributed by atoms with Gasteiger partial charge in [0.15, 0.2) is 5.76 Å². The van der Waals surface area contributed by atoms with Gasteiger partial charge in [0.1, 0.15) is 5.69 Å². The number of oxazole rings is 1. The molecule has 0 spiro atoms. The quantitative estimate of drug-likeness (QED) is 0.755. The first-order valence-corrected chi connectivity index (χ1v) is 4.87. The van der Waals surface area contributed by atoms with Crippen molar-refractivity contribution in [3.8, 4) is 11.7 Å². The van der Waals surface area contributed by atoms with E-state index < -0.39 is 5.97 Å². The summed E-state index contributed by atoms with van der Waals surface area (Å²) >= 11 is 0. The number of hydrogen-bond donors (Lipinski definition) is 0. The fraction of sp³-hybridized carbons (Fsp3) is 0.273. The van der Waals surface area contributed by atoms with Crippen molar-refractivity contribution < 1.29 is 23.1 Å². The Morgan fingerprint density at radius 2 is 2.29 bits per heavy atom. The lowest BCUT2D eigenvalue weighted by atomic mass is 10.3. The van der Waals surface area contributed by atoms with Gasteiger partial charge in [0.25, 0.3) is 5.89 Å². The first-order chi connectivity index (χ1) is 8.26. The lowest BCUT2D eigenvalue weighted by molar-refractivity contribution is 0.0559. The minimum absolute atomic E-state index is 0.0285. The molecule has 0 atom stereocenters. The highest BCUT2D eigenvalue weighted by Gasteiger charge is 2.22. The Morgan fingerprint density at radius 1 is 1.47 bits per heavy atom. The Morgan fingerprint density at radius 3 is 2.88 bits per heavy atom. The van der Waals surface area contributed by atoms with E-state index in [1.54, 1.807) is 12.1 Å². The molecular formula is C11H11NO5. The van der Waals surface area contributed by atoms with Gasteiger partial charge in [-0.25, -0.2) is 9.78 Å². The molecule has 0 unspecified atom stereocenters. The number of carbonyl (C=O) groups is 1. The van der Waals surface area contributed by atoms with Crippen LogP contribution in [0, 0.1) is 0 Å². The number of methoxy groups -OCH3 is 2. The monoisotopic (exact) mass is 237 g/mol. The molecule has 0 aromatic carbocycles. The maximum Gasteiger partial charge on any atom is 0.376 e. The third kappa shape index (κ3) is 2.21. The van der Waals surface area contributed by atoms with Crippen molar-refractivity contribution in [3.63, 3.8) is 0 Å². The molecule has 2 aromatic rings. The average Bonchev–Trinajstić information content (AvgIpc) is 2.96. The van der Waals surface area contributed by atoms with E-state index in [-0.39, 0.29) is 18.3 Å². The molecule has 2 rings (SSSR count). The van der Waals surface area contributed by atoms with Crippen LogP contribution in [0.5, 0.6) is 0 Å². The first kappa shape index (κ1) is 11.4. The highest BCUT2D eigenvalue weighted by molar-refractivity contribution is 5.87. The number of carbonyl (C=O) groups excluding carboxylic acids is 1. The Hall–Kier alpha value is -2.08. The summed E-state index contributed by atoms with van der Waals surface area (Å²) in [7, 11) is 2.77. The van der Waals surface area contributed by atoms with E-state index >= 15 is 0 Å². The zero-order valence-corrected chi connectivity index (χ0v) is 9.43. The van der Waals surface area contributed by atoms with Gasteiger partial charge >= 0.3 is 5.97 Å². The summed E-state index contributed by atoms with van der Waals surface area (Å²) in [5.41, 5.74) is 0.380. The standard InChI is InChI=1S/C11H11NO5/c1-14-6-7-9(11(13)15-2)17-10(12-7)8-4-3-5-16-8/h3-5H,6H2,1-2H3. The predicted octanol–water partition coefficient (Wildman–Crippen LogP) is 1.87. The molecule has 0 aliphatic rings. The number of nitrogens with zero attached hydrogens (tertiary/aromatic N) is 1. The number of esters is 1. The summed E-state index contributed by atoms with van der Waals surface area (Å²) in [4.78, 5) is 15.6. The van der Waals surface area contributed by atoms with Gasteiger partial charge in [-0.3, -0.25) is 0 Å². The van der Waals surface area contributed by atoms with Gasteiger partial charge in [-0.15, -0.1) is 0 Å². The molecule has 0 amide bonds. The summed E-state index contributed by atoms with van der Waals surface area (Å²) in [6, 6.07) is 3.39. The summed E-state index contributed by atoms with van der Waals surface area (Å²) in [5, 5.41) is 0. The molecule has 0 saturated carbocycles. The zero-order valence-electron chi connectivity index (χ0n) is 9.43. The second-order valence-corrected chi connectivity index (χ2v) is 3.20. The average molecular weight is 237 g/mol. The van der Waals surface area contributed by atoms with E-state index in [0.29, 0.717) is 11.5 Å². The molecule has 0 N–H and O–H groups in total. The number of hydrogen-bond acceptors (Lipinski definition) is 6. The van der Waals surface area contributed by atoms with Crippen LogP contribution >= 0.6 is 0 Å². The van der Waals surface area contributed by atoms with Crippen LogP contribution < -0.4 is 0 Å². The van der Waals surface area contributed by atoms with E-state index in [1.165, 1.54) is 20.5 Å². The van der Waals surface area contributed by atoms with Crippen molar-refractivity contribution in [3.05, 3.63) is 29.9 Å². The third-order valence-electron chi connectivity index (χ3n) is 2.08. The minimum atomic E-state index is -0.595. The first-order valence-electron chi connectivity index (χ1n) is 4.87. The van der Waals surface area contributed by atoms with E-state index in [2.05, 4.69) is 9.72 Å². The van der Waals surface area contributed by atoms with Crippen LogP contribution in [0.1, 0.15) is 16.2 Å². The molecule has 6 heteroatoms. The molecule has 0 bridgehead atoms. The van der Waals surface area contributed by atoms with Gasteiger partial charge in [-0.1, -0.05) is 0 Å². The Labute approximate surface area is 97.1 Å². The van der Waals surface area contributed by atoms with Crippen LogP contribution in [0.4, 0.5) is 0 Å². The SMILES string of the molecule is COCc1nc(-c2ccco2)oc1C(=O)OC. The molecular weight excluding hydrogens is 226 g/mol. The van der Waals surface area contributed by atoms with Crippen molar-refractivity contribution in [1.82, 2.24) is 4.98 Å². The fourth-order valence-electron chi connectivity index (χ4n) is 1.34. The third-order valence-corrected chi connectivity index (χ3v) is 2.08. The summed E-state index contributed by atoms with van der Waals surface area (Å²) in [5.74, 6) is 0.100. The highest BCUT2D eigenvalue weighted by atomic mass is 16.5. The van der Waals surface area contributed by atoms with Crippen LogP contribution in [0.3, 0.4) is 0 Å². The minimum Gasteiger partial charge on any atom is -0.463 e. The second kappa shape index (κ2) is 4.84. The van der Waals surface area contributed by atoms with Crippen molar-refractivity contribution in [1.29, 1.82) is 0 Å². The zero-order chi connectivity index (χ0) is 12.3. The maximum atomic E-state index is 11.4. The molecule has 6 nitrogen and oxygen atoms in total. The summed E-state index contributed by atoms with van der Waals surface area (Å²) in [6.45, 7) is 0.161. The van der Waals surface area contributed by atoms with Gasteiger partial charge in [-0.05, 0) is 12.1 Å². The molecule has 0 aliphatic heterocycles. The summed E-state index contributed by atoms with van der Waals surface area (Å²) in [6.07, 6.45) is 1.49. The maximum absolute atomic E-state index is 11.4. The Kier molecular flexibility index (Phi) is 3.24. The van der Waals surface area contributed by atoms with E-state index in [0.717, 1.165) is 0 Å². The van der Waals surface area contributed by atoms with Crippen LogP contribution in [0.2, 0.25) is 0 Å². The second-order valence-electron chi connectivity index (χ2n) is 3.20. The number of furan rings is 1. The predicted molar refractivity (Wildman–Crippen MR) is 56.3 cm³/mol. The number of rotatable bonds is 4. The van der Waals surface area contributed by atoms with Gasteiger partial charge in [0.05, 0.1) is 20.0 Å². The van der Waals surface area contributed by atoms with E-state index in [9.17, 15) is 4.79 Å². The van der Waals surface area contributed by atoms with Gasteiger partial charge in [0.2, 0.25) is 5.76 Å².